The number of benzene rings is 2. The predicted octanol–water partition coefficient (Wildman–Crippen LogP) is 4.43. The molecule has 2 aromatic carbocycles. The van der Waals surface area contributed by atoms with Crippen molar-refractivity contribution in [1.29, 1.82) is 0 Å². The lowest BCUT2D eigenvalue weighted by Crippen LogP contribution is -2.40. The lowest BCUT2D eigenvalue weighted by Gasteiger charge is -2.31. The van der Waals surface area contributed by atoms with Crippen LogP contribution in [0.3, 0.4) is 0 Å². The first kappa shape index (κ1) is 19.6. The van der Waals surface area contributed by atoms with Crippen LogP contribution in [0.25, 0.3) is 11.1 Å². The second kappa shape index (κ2) is 7.30. The van der Waals surface area contributed by atoms with Crippen LogP contribution in [0.1, 0.15) is 51.0 Å². The SMILES string of the molecule is CC1(C)CCC(=O)N1c1ccc(-c2cccc(C3CCC(=O)NC3=O)c2Cl)cc1. The lowest BCUT2D eigenvalue weighted by molar-refractivity contribution is -0.134. The van der Waals surface area contributed by atoms with E-state index in [1.807, 2.05) is 47.4 Å². The van der Waals surface area contributed by atoms with Crippen LogP contribution in [0.4, 0.5) is 5.69 Å². The molecular weight excluding hydrogens is 388 g/mol. The molecule has 2 saturated heterocycles. The number of hydrogen-bond acceptors (Lipinski definition) is 3. The molecule has 1 unspecified atom stereocenters. The third kappa shape index (κ3) is 3.55. The van der Waals surface area contributed by atoms with Crippen molar-refractivity contribution in [2.75, 3.05) is 4.90 Å². The van der Waals surface area contributed by atoms with Crippen molar-refractivity contribution in [2.24, 2.45) is 0 Å². The number of nitrogens with one attached hydrogen (secondary N) is 1. The van der Waals surface area contributed by atoms with Gasteiger partial charge in [-0.15, -0.1) is 0 Å². The Morgan fingerprint density at radius 1 is 1.03 bits per heavy atom. The van der Waals surface area contributed by atoms with E-state index in [4.69, 9.17) is 11.6 Å². The molecule has 29 heavy (non-hydrogen) atoms. The monoisotopic (exact) mass is 410 g/mol. The third-order valence-electron chi connectivity index (χ3n) is 5.89. The van der Waals surface area contributed by atoms with Crippen LogP contribution in [-0.4, -0.2) is 23.3 Å². The molecule has 3 amide bonds. The van der Waals surface area contributed by atoms with E-state index in [2.05, 4.69) is 19.2 Å². The van der Waals surface area contributed by atoms with Gasteiger partial charge in [0.2, 0.25) is 17.7 Å². The van der Waals surface area contributed by atoms with E-state index < -0.39 is 5.92 Å². The Hall–Kier alpha value is -2.66. The van der Waals surface area contributed by atoms with E-state index in [1.54, 1.807) is 0 Å². The molecule has 2 fully saturated rings. The largest absolute Gasteiger partial charge is 0.307 e. The van der Waals surface area contributed by atoms with Gasteiger partial charge in [0.25, 0.3) is 0 Å². The van der Waals surface area contributed by atoms with Crippen LogP contribution in [-0.2, 0) is 14.4 Å². The molecule has 2 aliphatic heterocycles. The van der Waals surface area contributed by atoms with Crippen LogP contribution in [0.15, 0.2) is 42.5 Å². The quantitative estimate of drug-likeness (QED) is 0.761. The van der Waals surface area contributed by atoms with Gasteiger partial charge in [-0.3, -0.25) is 19.7 Å². The Balaban J connectivity index is 1.65. The molecule has 2 heterocycles. The fourth-order valence-electron chi connectivity index (χ4n) is 4.29. The number of imide groups is 1. The van der Waals surface area contributed by atoms with Crippen LogP contribution in [0.2, 0.25) is 5.02 Å². The number of hydrogen-bond donors (Lipinski definition) is 1. The highest BCUT2D eigenvalue weighted by molar-refractivity contribution is 6.34. The fraction of sp³-hybridized carbons (Fsp3) is 0.348. The molecule has 1 atom stereocenters. The van der Waals surface area contributed by atoms with Gasteiger partial charge in [-0.2, -0.15) is 0 Å². The van der Waals surface area contributed by atoms with Gasteiger partial charge in [0, 0.05) is 29.6 Å². The fourth-order valence-corrected chi connectivity index (χ4v) is 4.66. The molecule has 1 N–H and O–H groups in total. The summed E-state index contributed by atoms with van der Waals surface area (Å²) in [6.45, 7) is 4.15. The van der Waals surface area contributed by atoms with E-state index >= 15 is 0 Å². The Morgan fingerprint density at radius 2 is 1.76 bits per heavy atom. The van der Waals surface area contributed by atoms with E-state index in [-0.39, 0.29) is 23.3 Å². The molecule has 150 valence electrons. The summed E-state index contributed by atoms with van der Waals surface area (Å²) in [5.41, 5.74) is 3.15. The maximum Gasteiger partial charge on any atom is 0.234 e. The molecule has 2 aromatic rings. The minimum Gasteiger partial charge on any atom is -0.307 e. The van der Waals surface area contributed by atoms with E-state index in [9.17, 15) is 14.4 Å². The van der Waals surface area contributed by atoms with Crippen LogP contribution < -0.4 is 10.2 Å². The summed E-state index contributed by atoms with van der Waals surface area (Å²) in [5, 5.41) is 2.91. The van der Waals surface area contributed by atoms with Crippen molar-refractivity contribution in [2.45, 2.75) is 51.0 Å². The van der Waals surface area contributed by atoms with Gasteiger partial charge < -0.3 is 4.90 Å². The third-order valence-corrected chi connectivity index (χ3v) is 6.31. The molecule has 0 aliphatic carbocycles. The first-order valence-corrected chi connectivity index (χ1v) is 10.2. The van der Waals surface area contributed by atoms with Crippen molar-refractivity contribution < 1.29 is 14.4 Å². The number of halogens is 1. The molecular formula is C23H23ClN2O3. The Labute approximate surface area is 175 Å². The number of nitrogens with zero attached hydrogens (tertiary/aromatic N) is 1. The molecule has 4 rings (SSSR count). The van der Waals surface area contributed by atoms with Gasteiger partial charge in [-0.05, 0) is 49.9 Å². The van der Waals surface area contributed by atoms with Gasteiger partial charge in [0.1, 0.15) is 0 Å². The molecule has 0 spiro atoms. The van der Waals surface area contributed by atoms with Gasteiger partial charge in [-0.1, -0.05) is 41.9 Å². The minimum atomic E-state index is -0.428. The first-order chi connectivity index (χ1) is 13.8. The topological polar surface area (TPSA) is 66.5 Å². The van der Waals surface area contributed by atoms with Gasteiger partial charge in [0.05, 0.1) is 10.9 Å². The summed E-state index contributed by atoms with van der Waals surface area (Å²) in [6, 6.07) is 13.4. The van der Waals surface area contributed by atoms with Crippen LogP contribution in [0.5, 0.6) is 0 Å². The number of carbonyl (C=O) groups excluding carboxylic acids is 3. The smallest absolute Gasteiger partial charge is 0.234 e. The number of amides is 3. The number of anilines is 1. The average molecular weight is 411 g/mol. The Kier molecular flexibility index (Phi) is 4.95. The summed E-state index contributed by atoms with van der Waals surface area (Å²) in [4.78, 5) is 37.9. The average Bonchev–Trinajstić information content (AvgIpc) is 2.95. The minimum absolute atomic E-state index is 0.139. The maximum atomic E-state index is 12.3. The molecule has 2 aliphatic rings. The van der Waals surface area contributed by atoms with Gasteiger partial charge in [-0.25, -0.2) is 0 Å². The zero-order chi connectivity index (χ0) is 20.8. The first-order valence-electron chi connectivity index (χ1n) is 9.83. The number of rotatable bonds is 3. The highest BCUT2D eigenvalue weighted by Gasteiger charge is 2.38. The second-order valence-electron chi connectivity index (χ2n) is 8.30. The zero-order valence-electron chi connectivity index (χ0n) is 16.5. The molecule has 0 radical (unpaired) electrons. The summed E-state index contributed by atoms with van der Waals surface area (Å²) >= 11 is 6.68. The second-order valence-corrected chi connectivity index (χ2v) is 8.68. The van der Waals surface area contributed by atoms with Crippen molar-refractivity contribution in [1.82, 2.24) is 5.32 Å². The molecule has 0 bridgehead atoms. The maximum absolute atomic E-state index is 12.3. The van der Waals surface area contributed by atoms with Crippen molar-refractivity contribution >= 4 is 35.0 Å². The van der Waals surface area contributed by atoms with Crippen molar-refractivity contribution in [3.05, 3.63) is 53.1 Å². The van der Waals surface area contributed by atoms with E-state index in [0.717, 1.165) is 28.8 Å². The summed E-state index contributed by atoms with van der Waals surface area (Å²) < 4.78 is 0. The van der Waals surface area contributed by atoms with Gasteiger partial charge in [0.15, 0.2) is 0 Å². The Morgan fingerprint density at radius 3 is 2.38 bits per heavy atom. The molecule has 6 heteroatoms. The number of carbonyl (C=O) groups is 3. The highest BCUT2D eigenvalue weighted by Crippen LogP contribution is 2.39. The zero-order valence-corrected chi connectivity index (χ0v) is 17.3. The highest BCUT2D eigenvalue weighted by atomic mass is 35.5. The molecule has 0 aromatic heterocycles. The van der Waals surface area contributed by atoms with Crippen molar-refractivity contribution in [3.8, 4) is 11.1 Å². The summed E-state index contributed by atoms with van der Waals surface area (Å²) in [5.74, 6) is -0.831. The lowest BCUT2D eigenvalue weighted by atomic mass is 9.88. The van der Waals surface area contributed by atoms with Crippen LogP contribution >= 0.6 is 11.6 Å². The van der Waals surface area contributed by atoms with Crippen LogP contribution in [0, 0.1) is 0 Å². The molecule has 5 nitrogen and oxygen atoms in total. The molecule has 0 saturated carbocycles. The van der Waals surface area contributed by atoms with E-state index in [0.29, 0.717) is 24.3 Å². The van der Waals surface area contributed by atoms with Crippen molar-refractivity contribution in [3.63, 3.8) is 0 Å². The standard InChI is InChI=1S/C23H23ClN2O3/c1-23(2)13-12-20(28)26(23)15-8-6-14(7-9-15)16-4-3-5-17(21(16)24)18-10-11-19(27)25-22(18)29/h3-9,18H,10-13H2,1-2H3,(H,25,27,29). The normalized spacial score (nSPS) is 21.4. The Bertz CT molecular complexity index is 998. The number of piperidine rings is 1. The van der Waals surface area contributed by atoms with E-state index in [1.165, 1.54) is 0 Å². The van der Waals surface area contributed by atoms with Gasteiger partial charge >= 0.3 is 0 Å². The summed E-state index contributed by atoms with van der Waals surface area (Å²) in [7, 11) is 0. The predicted molar refractivity (Wildman–Crippen MR) is 113 cm³/mol. The summed E-state index contributed by atoms with van der Waals surface area (Å²) in [6.07, 6.45) is 2.17.